The molecule has 2 N–H and O–H groups in total. The Labute approximate surface area is 195 Å². The number of carbonyl (C=O) groups excluding carboxylic acids is 1. The highest BCUT2D eigenvalue weighted by Gasteiger charge is 2.32. The molecule has 9 heteroatoms. The number of aromatic nitrogens is 1. The van der Waals surface area contributed by atoms with Crippen molar-refractivity contribution in [1.82, 2.24) is 4.98 Å². The molecule has 1 amide bonds. The van der Waals surface area contributed by atoms with Gasteiger partial charge in [0.2, 0.25) is 5.88 Å². The normalized spacial score (nSPS) is 11.8. The number of hydrogen-bond acceptors (Lipinski definition) is 4. The number of carbonyl (C=O) groups is 1. The second kappa shape index (κ2) is 9.32. The first-order valence-electron chi connectivity index (χ1n) is 10.4. The lowest BCUT2D eigenvalue weighted by Gasteiger charge is -2.24. The average molecular weight is 475 g/mol. The topological polar surface area (TPSA) is 63.2 Å². The summed E-state index contributed by atoms with van der Waals surface area (Å²) in [6.45, 7) is 7.22. The van der Waals surface area contributed by atoms with E-state index in [2.05, 4.69) is 15.6 Å². The van der Waals surface area contributed by atoms with Gasteiger partial charge in [-0.3, -0.25) is 4.79 Å². The second-order valence-corrected chi connectivity index (χ2v) is 8.76. The van der Waals surface area contributed by atoms with Crippen LogP contribution in [0.5, 0.6) is 5.88 Å². The molecule has 0 bridgehead atoms. The summed E-state index contributed by atoms with van der Waals surface area (Å²) < 4.78 is 59.3. The first kappa shape index (κ1) is 25.0. The number of nitrogens with zero attached hydrogens (tertiary/aromatic N) is 1. The monoisotopic (exact) mass is 475 g/mol. The molecule has 0 atom stereocenters. The Balaban J connectivity index is 2.05. The number of hydrogen-bond donors (Lipinski definition) is 2. The maximum Gasteiger partial charge on any atom is 0.416 e. The smallest absolute Gasteiger partial charge is 0.416 e. The fraction of sp³-hybridized carbons (Fsp3) is 0.280. The van der Waals surface area contributed by atoms with E-state index in [4.69, 9.17) is 4.74 Å². The minimum atomic E-state index is -4.61. The summed E-state index contributed by atoms with van der Waals surface area (Å²) in [4.78, 5) is 17.3. The molecule has 3 aromatic rings. The van der Waals surface area contributed by atoms with Crippen molar-refractivity contribution in [3.05, 3.63) is 76.7 Å². The SMILES string of the molecule is COc1ccc(NC(=O)c2ccc(C(F)(F)F)cc2Nc2ccc(F)cc2C(C)(C)C)c(C)n1. The number of amides is 1. The zero-order valence-corrected chi connectivity index (χ0v) is 19.4. The predicted octanol–water partition coefficient (Wildman–Crippen LogP) is 6.85. The van der Waals surface area contributed by atoms with Crippen LogP contribution in [-0.2, 0) is 11.6 Å². The van der Waals surface area contributed by atoms with E-state index in [9.17, 15) is 22.4 Å². The fourth-order valence-electron chi connectivity index (χ4n) is 3.39. The largest absolute Gasteiger partial charge is 0.481 e. The number of benzene rings is 2. The summed E-state index contributed by atoms with van der Waals surface area (Å²) in [6.07, 6.45) is -4.61. The Morgan fingerprint density at radius 1 is 0.941 bits per heavy atom. The summed E-state index contributed by atoms with van der Waals surface area (Å²) in [5, 5.41) is 5.60. The van der Waals surface area contributed by atoms with Crippen LogP contribution >= 0.6 is 0 Å². The van der Waals surface area contributed by atoms with E-state index < -0.39 is 28.9 Å². The highest BCUT2D eigenvalue weighted by atomic mass is 19.4. The van der Waals surface area contributed by atoms with Gasteiger partial charge in [0.05, 0.1) is 35.3 Å². The van der Waals surface area contributed by atoms with Gasteiger partial charge < -0.3 is 15.4 Å². The number of rotatable bonds is 5. The minimum Gasteiger partial charge on any atom is -0.481 e. The summed E-state index contributed by atoms with van der Waals surface area (Å²) in [7, 11) is 1.46. The molecule has 1 heterocycles. The van der Waals surface area contributed by atoms with Gasteiger partial charge in [-0.15, -0.1) is 0 Å². The Morgan fingerprint density at radius 2 is 1.62 bits per heavy atom. The van der Waals surface area contributed by atoms with Crippen molar-refractivity contribution in [3.63, 3.8) is 0 Å². The maximum absolute atomic E-state index is 13.9. The third kappa shape index (κ3) is 5.65. The van der Waals surface area contributed by atoms with Gasteiger partial charge in [-0.05, 0) is 60.4 Å². The summed E-state index contributed by atoms with van der Waals surface area (Å²) in [5.41, 5.74) is 0.275. The molecule has 0 aliphatic heterocycles. The predicted molar refractivity (Wildman–Crippen MR) is 123 cm³/mol. The van der Waals surface area contributed by atoms with E-state index in [-0.39, 0.29) is 11.3 Å². The number of nitrogens with one attached hydrogen (secondary N) is 2. The van der Waals surface area contributed by atoms with Gasteiger partial charge in [0.1, 0.15) is 5.82 Å². The molecule has 34 heavy (non-hydrogen) atoms. The van der Waals surface area contributed by atoms with Crippen LogP contribution < -0.4 is 15.4 Å². The van der Waals surface area contributed by atoms with Crippen LogP contribution in [-0.4, -0.2) is 18.0 Å². The molecule has 0 aliphatic rings. The minimum absolute atomic E-state index is 0.0209. The first-order chi connectivity index (χ1) is 15.8. The molecular formula is C25H25F4N3O2. The molecule has 1 aromatic heterocycles. The third-order valence-corrected chi connectivity index (χ3v) is 5.17. The van der Waals surface area contributed by atoms with Crippen LogP contribution in [0.1, 0.15) is 48.0 Å². The number of pyridine rings is 1. The Hall–Kier alpha value is -3.62. The first-order valence-corrected chi connectivity index (χ1v) is 10.4. The van der Waals surface area contributed by atoms with E-state index in [0.29, 0.717) is 28.5 Å². The van der Waals surface area contributed by atoms with Crippen molar-refractivity contribution < 1.29 is 27.1 Å². The zero-order valence-electron chi connectivity index (χ0n) is 19.4. The van der Waals surface area contributed by atoms with Crippen LogP contribution in [0.25, 0.3) is 0 Å². The van der Waals surface area contributed by atoms with Crippen molar-refractivity contribution >= 4 is 23.0 Å². The third-order valence-electron chi connectivity index (χ3n) is 5.17. The molecule has 0 aliphatic carbocycles. The molecule has 0 radical (unpaired) electrons. The van der Waals surface area contributed by atoms with Gasteiger partial charge >= 0.3 is 6.18 Å². The van der Waals surface area contributed by atoms with Crippen molar-refractivity contribution in [3.8, 4) is 5.88 Å². The van der Waals surface area contributed by atoms with Crippen LogP contribution in [0.4, 0.5) is 34.6 Å². The fourth-order valence-corrected chi connectivity index (χ4v) is 3.39. The van der Waals surface area contributed by atoms with E-state index in [1.807, 2.05) is 20.8 Å². The van der Waals surface area contributed by atoms with E-state index >= 15 is 0 Å². The summed E-state index contributed by atoms with van der Waals surface area (Å²) >= 11 is 0. The molecule has 2 aromatic carbocycles. The van der Waals surface area contributed by atoms with Crippen LogP contribution in [0, 0.1) is 12.7 Å². The average Bonchev–Trinajstić information content (AvgIpc) is 2.74. The van der Waals surface area contributed by atoms with Crippen molar-refractivity contribution in [2.75, 3.05) is 17.7 Å². The molecule has 0 spiro atoms. The number of methoxy groups -OCH3 is 1. The van der Waals surface area contributed by atoms with Gasteiger partial charge in [-0.1, -0.05) is 20.8 Å². The van der Waals surface area contributed by atoms with Gasteiger partial charge in [0.25, 0.3) is 5.91 Å². The van der Waals surface area contributed by atoms with Crippen LogP contribution in [0.15, 0.2) is 48.5 Å². The maximum atomic E-state index is 13.9. The van der Waals surface area contributed by atoms with Gasteiger partial charge in [-0.25, -0.2) is 9.37 Å². The summed E-state index contributed by atoms with van der Waals surface area (Å²) in [5.74, 6) is -0.746. The van der Waals surface area contributed by atoms with Gasteiger partial charge in [-0.2, -0.15) is 13.2 Å². The van der Waals surface area contributed by atoms with Crippen LogP contribution in [0.3, 0.4) is 0 Å². The molecule has 0 unspecified atom stereocenters. The summed E-state index contributed by atoms with van der Waals surface area (Å²) in [6, 6.07) is 9.93. The van der Waals surface area contributed by atoms with Crippen molar-refractivity contribution in [1.29, 1.82) is 0 Å². The zero-order chi connectivity index (χ0) is 25.3. The quantitative estimate of drug-likeness (QED) is 0.396. The highest BCUT2D eigenvalue weighted by Crippen LogP contribution is 2.36. The second-order valence-electron chi connectivity index (χ2n) is 8.76. The highest BCUT2D eigenvalue weighted by molar-refractivity contribution is 6.08. The van der Waals surface area contributed by atoms with Crippen molar-refractivity contribution in [2.24, 2.45) is 0 Å². The lowest BCUT2D eigenvalue weighted by molar-refractivity contribution is -0.137. The van der Waals surface area contributed by atoms with Gasteiger partial charge in [0, 0.05) is 11.8 Å². The Kier molecular flexibility index (Phi) is 6.86. The Morgan fingerprint density at radius 3 is 2.21 bits per heavy atom. The van der Waals surface area contributed by atoms with Crippen molar-refractivity contribution in [2.45, 2.75) is 39.3 Å². The number of anilines is 3. The van der Waals surface area contributed by atoms with Gasteiger partial charge in [0.15, 0.2) is 0 Å². The standard InChI is InChI=1S/C25H25F4N3O2/c1-14-19(10-11-22(30-14)34-5)32-23(33)17-8-6-15(25(27,28)29)12-21(17)31-20-9-7-16(26)13-18(20)24(2,3)4/h6-13,31H,1-5H3,(H,32,33). The molecule has 3 rings (SSSR count). The van der Waals surface area contributed by atoms with Crippen LogP contribution in [0.2, 0.25) is 0 Å². The number of halogens is 4. The van der Waals surface area contributed by atoms with E-state index in [0.717, 1.165) is 18.2 Å². The lowest BCUT2D eigenvalue weighted by Crippen LogP contribution is -2.18. The molecule has 180 valence electrons. The Bertz CT molecular complexity index is 1220. The number of ether oxygens (including phenoxy) is 1. The molecule has 0 fully saturated rings. The molecular weight excluding hydrogens is 450 g/mol. The van der Waals surface area contributed by atoms with E-state index in [1.165, 1.54) is 25.3 Å². The molecule has 5 nitrogen and oxygen atoms in total. The van der Waals surface area contributed by atoms with E-state index in [1.54, 1.807) is 19.1 Å². The lowest BCUT2D eigenvalue weighted by atomic mass is 9.85. The number of aryl methyl sites for hydroxylation is 1. The molecule has 0 saturated carbocycles. The molecule has 0 saturated heterocycles. The number of alkyl halides is 3.